The summed E-state index contributed by atoms with van der Waals surface area (Å²) in [7, 11) is 1.93. The predicted octanol–water partition coefficient (Wildman–Crippen LogP) is 1.66. The van der Waals surface area contributed by atoms with Crippen LogP contribution in [0.2, 0.25) is 0 Å². The van der Waals surface area contributed by atoms with E-state index in [9.17, 15) is 4.79 Å². The Labute approximate surface area is 92.0 Å². The fraction of sp³-hybridized carbons (Fsp3) is 0.917. The van der Waals surface area contributed by atoms with Crippen molar-refractivity contribution < 1.29 is 4.79 Å². The van der Waals surface area contributed by atoms with Gasteiger partial charge in [-0.2, -0.15) is 0 Å². The Morgan fingerprint density at radius 1 is 1.47 bits per heavy atom. The van der Waals surface area contributed by atoms with Crippen LogP contribution < -0.4 is 5.73 Å². The van der Waals surface area contributed by atoms with Gasteiger partial charge in [0, 0.05) is 25.0 Å². The molecule has 0 aromatic carbocycles. The summed E-state index contributed by atoms with van der Waals surface area (Å²) in [5.41, 5.74) is 6.19. The molecular weight excluding hydrogens is 188 g/mol. The average molecular weight is 210 g/mol. The molecule has 1 amide bonds. The van der Waals surface area contributed by atoms with Gasteiger partial charge in [0.2, 0.25) is 5.91 Å². The minimum Gasteiger partial charge on any atom is -0.343 e. The van der Waals surface area contributed by atoms with Crippen molar-refractivity contribution in [3.8, 4) is 0 Å². The predicted molar refractivity (Wildman–Crippen MR) is 60.4 cm³/mol. The normalized spacial score (nSPS) is 23.3. The molecule has 0 saturated heterocycles. The Kier molecular flexibility index (Phi) is 3.01. The summed E-state index contributed by atoms with van der Waals surface area (Å²) in [6.45, 7) is 0. The summed E-state index contributed by atoms with van der Waals surface area (Å²) in [6, 6.07) is 0.549. The molecule has 0 aromatic heterocycles. The number of nitrogens with two attached hydrogens (primary N) is 1. The van der Waals surface area contributed by atoms with Gasteiger partial charge in [-0.05, 0) is 44.9 Å². The molecule has 0 bridgehead atoms. The lowest BCUT2D eigenvalue weighted by atomic mass is 9.74. The molecule has 0 atom stereocenters. The zero-order valence-electron chi connectivity index (χ0n) is 9.67. The highest BCUT2D eigenvalue weighted by Crippen LogP contribution is 2.33. The Balaban J connectivity index is 1.62. The maximum Gasteiger partial charge on any atom is 0.222 e. The van der Waals surface area contributed by atoms with Crippen molar-refractivity contribution in [3.05, 3.63) is 0 Å². The molecule has 2 rings (SSSR count). The Morgan fingerprint density at radius 2 is 2.13 bits per heavy atom. The molecule has 0 aromatic rings. The highest BCUT2D eigenvalue weighted by atomic mass is 16.2. The van der Waals surface area contributed by atoms with Gasteiger partial charge in [0.05, 0.1) is 0 Å². The standard InChI is InChI=1S/C12H22N2O/c1-14(10-5-6-10)11(15)4-2-7-12(13)8-3-9-12/h10H,2-9,13H2,1H3. The van der Waals surface area contributed by atoms with Crippen molar-refractivity contribution in [2.24, 2.45) is 5.73 Å². The second-order valence-electron chi connectivity index (χ2n) is 5.31. The summed E-state index contributed by atoms with van der Waals surface area (Å²) in [5, 5.41) is 0. The Bertz CT molecular complexity index is 244. The van der Waals surface area contributed by atoms with Crippen LogP contribution in [0.3, 0.4) is 0 Å². The van der Waals surface area contributed by atoms with E-state index in [1.807, 2.05) is 11.9 Å². The van der Waals surface area contributed by atoms with Crippen LogP contribution in [0.5, 0.6) is 0 Å². The molecule has 0 heterocycles. The lowest BCUT2D eigenvalue weighted by Crippen LogP contribution is -2.46. The molecule has 2 aliphatic rings. The van der Waals surface area contributed by atoms with Gasteiger partial charge in [-0.15, -0.1) is 0 Å². The topological polar surface area (TPSA) is 46.3 Å². The molecule has 0 aliphatic heterocycles. The molecule has 2 N–H and O–H groups in total. The lowest BCUT2D eigenvalue weighted by molar-refractivity contribution is -0.130. The second kappa shape index (κ2) is 4.12. The van der Waals surface area contributed by atoms with Gasteiger partial charge in [-0.1, -0.05) is 0 Å². The number of hydrogen-bond donors (Lipinski definition) is 1. The fourth-order valence-electron chi connectivity index (χ4n) is 2.31. The molecule has 2 saturated carbocycles. The van der Waals surface area contributed by atoms with Crippen molar-refractivity contribution in [1.82, 2.24) is 4.90 Å². The summed E-state index contributed by atoms with van der Waals surface area (Å²) in [6.07, 6.45) is 8.65. The largest absolute Gasteiger partial charge is 0.343 e. The summed E-state index contributed by atoms with van der Waals surface area (Å²) in [4.78, 5) is 13.6. The Hall–Kier alpha value is -0.570. The van der Waals surface area contributed by atoms with Gasteiger partial charge < -0.3 is 10.6 Å². The molecule has 3 heteroatoms. The van der Waals surface area contributed by atoms with E-state index in [0.717, 1.165) is 25.7 Å². The van der Waals surface area contributed by atoms with Crippen molar-refractivity contribution >= 4 is 5.91 Å². The van der Waals surface area contributed by atoms with Crippen LogP contribution in [-0.2, 0) is 4.79 Å². The smallest absolute Gasteiger partial charge is 0.222 e. The van der Waals surface area contributed by atoms with Crippen LogP contribution in [0.15, 0.2) is 0 Å². The van der Waals surface area contributed by atoms with Crippen molar-refractivity contribution in [1.29, 1.82) is 0 Å². The maximum absolute atomic E-state index is 11.7. The van der Waals surface area contributed by atoms with E-state index >= 15 is 0 Å². The number of hydrogen-bond acceptors (Lipinski definition) is 2. The first-order chi connectivity index (χ1) is 7.11. The van der Waals surface area contributed by atoms with E-state index in [4.69, 9.17) is 5.73 Å². The van der Waals surface area contributed by atoms with Crippen molar-refractivity contribution in [2.45, 2.75) is 62.9 Å². The van der Waals surface area contributed by atoms with Crippen LogP contribution in [0.25, 0.3) is 0 Å². The minimum absolute atomic E-state index is 0.0818. The molecular formula is C12H22N2O. The third-order valence-corrected chi connectivity index (χ3v) is 3.90. The molecule has 0 unspecified atom stereocenters. The lowest BCUT2D eigenvalue weighted by Gasteiger charge is -2.38. The number of amides is 1. The SMILES string of the molecule is CN(C(=O)CCCC1(N)CCC1)C1CC1. The van der Waals surface area contributed by atoms with E-state index in [1.54, 1.807) is 0 Å². The number of carbonyl (C=O) groups is 1. The fourth-order valence-corrected chi connectivity index (χ4v) is 2.31. The summed E-state index contributed by atoms with van der Waals surface area (Å²) in [5.74, 6) is 0.306. The Morgan fingerprint density at radius 3 is 2.60 bits per heavy atom. The first-order valence-corrected chi connectivity index (χ1v) is 6.15. The van der Waals surface area contributed by atoms with Gasteiger partial charge >= 0.3 is 0 Å². The molecule has 2 aliphatic carbocycles. The summed E-state index contributed by atoms with van der Waals surface area (Å²) >= 11 is 0. The molecule has 0 radical (unpaired) electrons. The van der Waals surface area contributed by atoms with Gasteiger partial charge in [-0.3, -0.25) is 4.79 Å². The van der Waals surface area contributed by atoms with Crippen LogP contribution in [-0.4, -0.2) is 29.4 Å². The summed E-state index contributed by atoms with van der Waals surface area (Å²) < 4.78 is 0. The van der Waals surface area contributed by atoms with Gasteiger partial charge in [0.15, 0.2) is 0 Å². The van der Waals surface area contributed by atoms with E-state index in [-0.39, 0.29) is 5.54 Å². The third-order valence-electron chi connectivity index (χ3n) is 3.90. The second-order valence-corrected chi connectivity index (χ2v) is 5.31. The number of carbonyl (C=O) groups excluding carboxylic acids is 1. The molecule has 86 valence electrons. The van der Waals surface area contributed by atoms with Crippen LogP contribution >= 0.6 is 0 Å². The van der Waals surface area contributed by atoms with Gasteiger partial charge in [-0.25, -0.2) is 0 Å². The van der Waals surface area contributed by atoms with Crippen molar-refractivity contribution in [2.75, 3.05) is 7.05 Å². The molecule has 0 spiro atoms. The van der Waals surface area contributed by atoms with Gasteiger partial charge in [0.1, 0.15) is 0 Å². The van der Waals surface area contributed by atoms with Gasteiger partial charge in [0.25, 0.3) is 0 Å². The zero-order valence-corrected chi connectivity index (χ0v) is 9.67. The van der Waals surface area contributed by atoms with Crippen LogP contribution in [0.1, 0.15) is 51.4 Å². The van der Waals surface area contributed by atoms with E-state index in [1.165, 1.54) is 19.3 Å². The highest BCUT2D eigenvalue weighted by Gasteiger charge is 2.33. The first-order valence-electron chi connectivity index (χ1n) is 6.15. The first kappa shape index (κ1) is 10.9. The van der Waals surface area contributed by atoms with E-state index in [0.29, 0.717) is 18.4 Å². The number of nitrogens with zero attached hydrogens (tertiary/aromatic N) is 1. The zero-order chi connectivity index (χ0) is 10.9. The monoisotopic (exact) mass is 210 g/mol. The van der Waals surface area contributed by atoms with E-state index < -0.39 is 0 Å². The average Bonchev–Trinajstić information content (AvgIpc) is 2.97. The van der Waals surface area contributed by atoms with Crippen molar-refractivity contribution in [3.63, 3.8) is 0 Å². The molecule has 2 fully saturated rings. The highest BCUT2D eigenvalue weighted by molar-refractivity contribution is 5.76. The third kappa shape index (κ3) is 2.71. The molecule has 15 heavy (non-hydrogen) atoms. The molecule has 3 nitrogen and oxygen atoms in total. The van der Waals surface area contributed by atoms with Crippen LogP contribution in [0.4, 0.5) is 0 Å². The quantitative estimate of drug-likeness (QED) is 0.750. The minimum atomic E-state index is 0.0818. The van der Waals surface area contributed by atoms with Crippen LogP contribution in [0, 0.1) is 0 Å². The number of rotatable bonds is 5. The maximum atomic E-state index is 11.7. The van der Waals surface area contributed by atoms with E-state index in [2.05, 4.69) is 0 Å².